The number of nitrogens with one attached hydrogen (secondary N) is 1. The SMILES string of the molecule is COc1ccc(OC)c(C(O)CNCCSC)c1. The summed E-state index contributed by atoms with van der Waals surface area (Å²) in [5.74, 6) is 2.42. The summed E-state index contributed by atoms with van der Waals surface area (Å²) in [6, 6.07) is 5.43. The molecular formula is C13H21NO3S. The molecule has 0 spiro atoms. The van der Waals surface area contributed by atoms with Gasteiger partial charge in [-0.1, -0.05) is 0 Å². The van der Waals surface area contributed by atoms with E-state index < -0.39 is 6.10 Å². The van der Waals surface area contributed by atoms with Crippen molar-refractivity contribution in [2.24, 2.45) is 0 Å². The fourth-order valence-corrected chi connectivity index (χ4v) is 1.97. The second-order valence-electron chi connectivity index (χ2n) is 3.82. The van der Waals surface area contributed by atoms with Crippen molar-refractivity contribution in [1.29, 1.82) is 0 Å². The largest absolute Gasteiger partial charge is 0.497 e. The molecule has 0 bridgehead atoms. The summed E-state index contributed by atoms with van der Waals surface area (Å²) in [6.07, 6.45) is 1.46. The number of hydrogen-bond acceptors (Lipinski definition) is 5. The van der Waals surface area contributed by atoms with Crippen molar-refractivity contribution >= 4 is 11.8 Å². The van der Waals surface area contributed by atoms with Gasteiger partial charge in [0.05, 0.1) is 20.3 Å². The minimum absolute atomic E-state index is 0.504. The van der Waals surface area contributed by atoms with E-state index in [1.54, 1.807) is 38.1 Å². The van der Waals surface area contributed by atoms with Gasteiger partial charge in [-0.25, -0.2) is 0 Å². The first kappa shape index (κ1) is 15.1. The monoisotopic (exact) mass is 271 g/mol. The lowest BCUT2D eigenvalue weighted by Crippen LogP contribution is -2.24. The van der Waals surface area contributed by atoms with E-state index in [-0.39, 0.29) is 0 Å². The third kappa shape index (κ3) is 4.40. The average molecular weight is 271 g/mol. The van der Waals surface area contributed by atoms with Crippen molar-refractivity contribution in [2.45, 2.75) is 6.10 Å². The number of aliphatic hydroxyl groups is 1. The second kappa shape index (κ2) is 8.24. The van der Waals surface area contributed by atoms with E-state index in [1.165, 1.54) is 0 Å². The lowest BCUT2D eigenvalue weighted by Gasteiger charge is -2.16. The number of hydrogen-bond donors (Lipinski definition) is 2. The van der Waals surface area contributed by atoms with E-state index in [4.69, 9.17) is 9.47 Å². The van der Waals surface area contributed by atoms with E-state index in [1.807, 2.05) is 6.07 Å². The van der Waals surface area contributed by atoms with Crippen molar-refractivity contribution < 1.29 is 14.6 Å². The molecule has 1 atom stereocenters. The van der Waals surface area contributed by atoms with Crippen molar-refractivity contribution in [3.05, 3.63) is 23.8 Å². The van der Waals surface area contributed by atoms with Gasteiger partial charge in [0.25, 0.3) is 0 Å². The molecular weight excluding hydrogens is 250 g/mol. The Kier molecular flexibility index (Phi) is 6.93. The van der Waals surface area contributed by atoms with Crippen molar-refractivity contribution in [3.8, 4) is 11.5 Å². The average Bonchev–Trinajstić information content (AvgIpc) is 2.42. The van der Waals surface area contributed by atoms with Crippen LogP contribution in [0.2, 0.25) is 0 Å². The summed E-state index contributed by atoms with van der Waals surface area (Å²) in [7, 11) is 3.20. The first-order chi connectivity index (χ1) is 8.72. The fraction of sp³-hybridized carbons (Fsp3) is 0.538. The summed E-state index contributed by atoms with van der Waals surface area (Å²) >= 11 is 1.77. The maximum Gasteiger partial charge on any atom is 0.124 e. The predicted molar refractivity (Wildman–Crippen MR) is 75.8 cm³/mol. The number of aliphatic hydroxyl groups excluding tert-OH is 1. The van der Waals surface area contributed by atoms with E-state index in [2.05, 4.69) is 11.6 Å². The van der Waals surface area contributed by atoms with Gasteiger partial charge in [0.1, 0.15) is 11.5 Å². The molecule has 0 saturated carbocycles. The third-order valence-corrected chi connectivity index (χ3v) is 3.23. The molecule has 2 N–H and O–H groups in total. The zero-order valence-electron chi connectivity index (χ0n) is 11.1. The Balaban J connectivity index is 2.66. The molecule has 1 unspecified atom stereocenters. The third-order valence-electron chi connectivity index (χ3n) is 2.62. The molecule has 0 aliphatic rings. The van der Waals surface area contributed by atoms with Crippen LogP contribution < -0.4 is 14.8 Å². The number of ether oxygens (including phenoxy) is 2. The van der Waals surface area contributed by atoms with Crippen molar-refractivity contribution in [3.63, 3.8) is 0 Å². The van der Waals surface area contributed by atoms with Gasteiger partial charge >= 0.3 is 0 Å². The number of benzene rings is 1. The summed E-state index contributed by atoms with van der Waals surface area (Å²) < 4.78 is 10.4. The summed E-state index contributed by atoms with van der Waals surface area (Å²) in [5, 5.41) is 13.4. The minimum Gasteiger partial charge on any atom is -0.497 e. The molecule has 0 radical (unpaired) electrons. The molecule has 102 valence electrons. The zero-order valence-corrected chi connectivity index (χ0v) is 11.9. The van der Waals surface area contributed by atoms with Crippen LogP contribution in [0.25, 0.3) is 0 Å². The Bertz CT molecular complexity index is 360. The van der Waals surface area contributed by atoms with Crippen LogP contribution in [0, 0.1) is 0 Å². The minimum atomic E-state index is -0.600. The van der Waals surface area contributed by atoms with E-state index in [0.29, 0.717) is 18.0 Å². The fourth-order valence-electron chi connectivity index (χ4n) is 1.62. The van der Waals surface area contributed by atoms with Crippen LogP contribution >= 0.6 is 11.8 Å². The van der Waals surface area contributed by atoms with Gasteiger partial charge < -0.3 is 19.9 Å². The smallest absolute Gasteiger partial charge is 0.124 e. The molecule has 1 rings (SSSR count). The number of rotatable bonds is 8. The Morgan fingerprint density at radius 3 is 2.72 bits per heavy atom. The van der Waals surface area contributed by atoms with Gasteiger partial charge in [0.15, 0.2) is 0 Å². The van der Waals surface area contributed by atoms with Crippen molar-refractivity contribution in [1.82, 2.24) is 5.32 Å². The maximum atomic E-state index is 10.1. The molecule has 0 heterocycles. The molecule has 4 nitrogen and oxygen atoms in total. The highest BCUT2D eigenvalue weighted by atomic mass is 32.2. The van der Waals surface area contributed by atoms with Gasteiger partial charge in [0.2, 0.25) is 0 Å². The quantitative estimate of drug-likeness (QED) is 0.705. The molecule has 0 aromatic heterocycles. The molecule has 0 aliphatic carbocycles. The molecule has 0 amide bonds. The summed E-state index contributed by atoms with van der Waals surface area (Å²) in [5.41, 5.74) is 0.744. The highest BCUT2D eigenvalue weighted by Crippen LogP contribution is 2.28. The topological polar surface area (TPSA) is 50.7 Å². The normalized spacial score (nSPS) is 12.2. The highest BCUT2D eigenvalue weighted by molar-refractivity contribution is 7.98. The van der Waals surface area contributed by atoms with Crippen LogP contribution in [0.4, 0.5) is 0 Å². The van der Waals surface area contributed by atoms with Gasteiger partial charge in [-0.05, 0) is 24.5 Å². The Hall–Kier alpha value is -0.910. The van der Waals surface area contributed by atoms with Gasteiger partial charge in [-0.3, -0.25) is 0 Å². The predicted octanol–water partition coefficient (Wildman–Crippen LogP) is 1.69. The van der Waals surface area contributed by atoms with Crippen LogP contribution in [0.1, 0.15) is 11.7 Å². The lowest BCUT2D eigenvalue weighted by atomic mass is 10.1. The standard InChI is InChI=1S/C13H21NO3S/c1-16-10-4-5-13(17-2)11(8-10)12(15)9-14-6-7-18-3/h4-5,8,12,14-15H,6-7,9H2,1-3H3. The second-order valence-corrected chi connectivity index (χ2v) is 4.81. The van der Waals surface area contributed by atoms with E-state index in [9.17, 15) is 5.11 Å². The molecule has 1 aromatic rings. The summed E-state index contributed by atoms with van der Waals surface area (Å²) in [4.78, 5) is 0. The molecule has 0 aliphatic heterocycles. The molecule has 5 heteroatoms. The zero-order chi connectivity index (χ0) is 13.4. The summed E-state index contributed by atoms with van der Waals surface area (Å²) in [6.45, 7) is 1.38. The van der Waals surface area contributed by atoms with Crippen LogP contribution in [-0.2, 0) is 0 Å². The molecule has 1 aromatic carbocycles. The lowest BCUT2D eigenvalue weighted by molar-refractivity contribution is 0.171. The Labute approximate surface area is 113 Å². The first-order valence-electron chi connectivity index (χ1n) is 5.82. The molecule has 0 saturated heterocycles. The van der Waals surface area contributed by atoms with Gasteiger partial charge in [-0.2, -0.15) is 11.8 Å². The first-order valence-corrected chi connectivity index (χ1v) is 7.22. The Morgan fingerprint density at radius 2 is 2.11 bits per heavy atom. The van der Waals surface area contributed by atoms with Gasteiger partial charge in [-0.15, -0.1) is 0 Å². The van der Waals surface area contributed by atoms with E-state index in [0.717, 1.165) is 17.9 Å². The van der Waals surface area contributed by atoms with Crippen molar-refractivity contribution in [2.75, 3.05) is 39.3 Å². The number of thioether (sulfide) groups is 1. The number of methoxy groups -OCH3 is 2. The van der Waals surface area contributed by atoms with E-state index >= 15 is 0 Å². The highest BCUT2D eigenvalue weighted by Gasteiger charge is 2.14. The van der Waals surface area contributed by atoms with Crippen LogP contribution in [0.3, 0.4) is 0 Å². The van der Waals surface area contributed by atoms with Crippen LogP contribution in [-0.4, -0.2) is 44.4 Å². The van der Waals surface area contributed by atoms with Crippen LogP contribution in [0.5, 0.6) is 11.5 Å². The van der Waals surface area contributed by atoms with Gasteiger partial charge in [0, 0.05) is 24.4 Å². The maximum absolute atomic E-state index is 10.1. The molecule has 0 fully saturated rings. The Morgan fingerprint density at radius 1 is 1.33 bits per heavy atom. The van der Waals surface area contributed by atoms with Crippen LogP contribution in [0.15, 0.2) is 18.2 Å². The molecule has 18 heavy (non-hydrogen) atoms.